The molecule has 5 heteroatoms. The van der Waals surface area contributed by atoms with E-state index in [4.69, 9.17) is 0 Å². The first-order valence-corrected chi connectivity index (χ1v) is 4.50. The fourth-order valence-corrected chi connectivity index (χ4v) is 1.61. The van der Waals surface area contributed by atoms with Gasteiger partial charge in [0.2, 0.25) is 0 Å². The first-order chi connectivity index (χ1) is 5.68. The zero-order chi connectivity index (χ0) is 8.72. The molecule has 0 unspecified atom stereocenters. The van der Waals surface area contributed by atoms with Gasteiger partial charge in [-0.3, -0.25) is 4.79 Å². The molecule has 0 spiro atoms. The van der Waals surface area contributed by atoms with Crippen molar-refractivity contribution in [3.8, 4) is 0 Å². The molecule has 0 fully saturated rings. The lowest BCUT2D eigenvalue weighted by Gasteiger charge is -1.93. The SMILES string of the molecule is Cc1cc2c(=O)[nH]cc(I)n2n1. The molecule has 2 heterocycles. The number of hydrogen-bond acceptors (Lipinski definition) is 2. The van der Waals surface area contributed by atoms with E-state index >= 15 is 0 Å². The van der Waals surface area contributed by atoms with Crippen molar-refractivity contribution in [1.82, 2.24) is 14.6 Å². The predicted octanol–water partition coefficient (Wildman–Crippen LogP) is 0.936. The highest BCUT2D eigenvalue weighted by Crippen LogP contribution is 2.05. The number of halogens is 1. The van der Waals surface area contributed by atoms with Gasteiger partial charge in [0.05, 0.1) is 5.69 Å². The van der Waals surface area contributed by atoms with Gasteiger partial charge in [-0.1, -0.05) is 0 Å². The number of H-pyrrole nitrogens is 1. The van der Waals surface area contributed by atoms with E-state index in [0.717, 1.165) is 9.39 Å². The Morgan fingerprint density at radius 2 is 2.42 bits per heavy atom. The van der Waals surface area contributed by atoms with Crippen LogP contribution in [-0.2, 0) is 0 Å². The lowest BCUT2D eigenvalue weighted by molar-refractivity contribution is 0.888. The summed E-state index contributed by atoms with van der Waals surface area (Å²) >= 11 is 2.12. The van der Waals surface area contributed by atoms with Crippen molar-refractivity contribution >= 4 is 28.1 Å². The molecule has 0 amide bonds. The highest BCUT2D eigenvalue weighted by Gasteiger charge is 2.03. The Kier molecular flexibility index (Phi) is 1.67. The fourth-order valence-electron chi connectivity index (χ4n) is 1.08. The molecule has 2 aromatic rings. The molecule has 0 aliphatic carbocycles. The van der Waals surface area contributed by atoms with E-state index in [1.807, 2.05) is 6.92 Å². The number of aryl methyl sites for hydroxylation is 1. The average Bonchev–Trinajstić information content (AvgIpc) is 2.41. The van der Waals surface area contributed by atoms with Gasteiger partial charge in [-0.2, -0.15) is 5.10 Å². The maximum atomic E-state index is 11.2. The normalized spacial score (nSPS) is 10.8. The lowest BCUT2D eigenvalue weighted by atomic mass is 10.4. The summed E-state index contributed by atoms with van der Waals surface area (Å²) in [7, 11) is 0. The first-order valence-electron chi connectivity index (χ1n) is 3.42. The molecule has 62 valence electrons. The summed E-state index contributed by atoms with van der Waals surface area (Å²) < 4.78 is 2.53. The molecule has 2 rings (SSSR count). The molecule has 0 aromatic carbocycles. The van der Waals surface area contributed by atoms with E-state index in [0.29, 0.717) is 5.52 Å². The lowest BCUT2D eigenvalue weighted by Crippen LogP contribution is -2.10. The second-order valence-corrected chi connectivity index (χ2v) is 3.63. The largest absolute Gasteiger partial charge is 0.325 e. The van der Waals surface area contributed by atoms with Crippen molar-refractivity contribution in [2.24, 2.45) is 0 Å². The third-order valence-electron chi connectivity index (χ3n) is 1.59. The van der Waals surface area contributed by atoms with Crippen molar-refractivity contribution < 1.29 is 0 Å². The molecule has 0 aliphatic rings. The Balaban J connectivity index is 3.03. The minimum absolute atomic E-state index is 0.101. The van der Waals surface area contributed by atoms with Crippen LogP contribution < -0.4 is 5.56 Å². The fraction of sp³-hybridized carbons (Fsp3) is 0.143. The van der Waals surface area contributed by atoms with Crippen LogP contribution in [0.3, 0.4) is 0 Å². The molecule has 0 saturated heterocycles. The van der Waals surface area contributed by atoms with Crippen molar-refractivity contribution in [3.63, 3.8) is 0 Å². The molecule has 1 N–H and O–H groups in total. The van der Waals surface area contributed by atoms with Gasteiger partial charge in [-0.15, -0.1) is 0 Å². The number of rotatable bonds is 0. The number of hydrogen-bond donors (Lipinski definition) is 1. The highest BCUT2D eigenvalue weighted by molar-refractivity contribution is 14.1. The van der Waals surface area contributed by atoms with Crippen LogP contribution in [0.15, 0.2) is 17.1 Å². The smallest absolute Gasteiger partial charge is 0.274 e. The molecule has 2 aromatic heterocycles. The Bertz CT molecular complexity index is 485. The van der Waals surface area contributed by atoms with Crippen molar-refractivity contribution in [3.05, 3.63) is 32.0 Å². The summed E-state index contributed by atoms with van der Waals surface area (Å²) in [5, 5.41) is 4.16. The zero-order valence-electron chi connectivity index (χ0n) is 6.34. The van der Waals surface area contributed by atoms with E-state index in [-0.39, 0.29) is 5.56 Å². The topological polar surface area (TPSA) is 50.2 Å². The number of nitrogens with one attached hydrogen (secondary N) is 1. The van der Waals surface area contributed by atoms with Crippen LogP contribution in [0.2, 0.25) is 0 Å². The Hall–Kier alpha value is -0.850. The molecular weight excluding hydrogens is 269 g/mol. The number of nitrogens with zero attached hydrogens (tertiary/aromatic N) is 2. The first kappa shape index (κ1) is 7.78. The summed E-state index contributed by atoms with van der Waals surface area (Å²) in [4.78, 5) is 13.9. The van der Waals surface area contributed by atoms with Gasteiger partial charge in [0.25, 0.3) is 5.56 Å². The van der Waals surface area contributed by atoms with Gasteiger partial charge >= 0.3 is 0 Å². The minimum atomic E-state index is -0.101. The van der Waals surface area contributed by atoms with Gasteiger partial charge in [0.1, 0.15) is 9.22 Å². The average molecular weight is 275 g/mol. The minimum Gasteiger partial charge on any atom is -0.325 e. The van der Waals surface area contributed by atoms with E-state index in [1.54, 1.807) is 16.8 Å². The third-order valence-corrected chi connectivity index (χ3v) is 2.36. The maximum absolute atomic E-state index is 11.2. The zero-order valence-corrected chi connectivity index (χ0v) is 8.49. The van der Waals surface area contributed by atoms with Gasteiger partial charge in [0.15, 0.2) is 0 Å². The maximum Gasteiger partial charge on any atom is 0.274 e. The molecule has 12 heavy (non-hydrogen) atoms. The summed E-state index contributed by atoms with van der Waals surface area (Å²) in [6.45, 7) is 1.86. The monoisotopic (exact) mass is 275 g/mol. The van der Waals surface area contributed by atoms with Gasteiger partial charge < -0.3 is 4.98 Å². The molecule has 0 atom stereocenters. The standard InChI is InChI=1S/C7H6IN3O/c1-4-2-5-7(12)9-3-6(8)11(5)10-4/h2-3H,1H3,(H,9,12). The molecule has 0 bridgehead atoms. The molecule has 0 radical (unpaired) electrons. The van der Waals surface area contributed by atoms with E-state index in [2.05, 4.69) is 32.7 Å². The summed E-state index contributed by atoms with van der Waals surface area (Å²) in [6, 6.07) is 1.76. The van der Waals surface area contributed by atoms with Crippen LogP contribution in [0.25, 0.3) is 5.52 Å². The van der Waals surface area contributed by atoms with Gasteiger partial charge in [-0.25, -0.2) is 4.52 Å². The van der Waals surface area contributed by atoms with Crippen molar-refractivity contribution in [2.45, 2.75) is 6.92 Å². The Morgan fingerprint density at radius 3 is 3.08 bits per heavy atom. The van der Waals surface area contributed by atoms with Gasteiger partial charge in [0, 0.05) is 6.20 Å². The molecular formula is C7H6IN3O. The van der Waals surface area contributed by atoms with Crippen LogP contribution >= 0.6 is 22.6 Å². The summed E-state index contributed by atoms with van der Waals surface area (Å²) in [5.41, 5.74) is 1.35. The second-order valence-electron chi connectivity index (χ2n) is 2.52. The predicted molar refractivity (Wildman–Crippen MR) is 53.3 cm³/mol. The second kappa shape index (κ2) is 2.58. The Labute approximate surface area is 81.7 Å². The van der Waals surface area contributed by atoms with E-state index in [9.17, 15) is 4.79 Å². The Morgan fingerprint density at radius 1 is 1.67 bits per heavy atom. The highest BCUT2D eigenvalue weighted by atomic mass is 127. The van der Waals surface area contributed by atoms with Crippen molar-refractivity contribution in [2.75, 3.05) is 0 Å². The number of aromatic amines is 1. The molecule has 0 aliphatic heterocycles. The van der Waals surface area contributed by atoms with Crippen molar-refractivity contribution in [1.29, 1.82) is 0 Å². The van der Waals surface area contributed by atoms with E-state index in [1.165, 1.54) is 0 Å². The molecule has 4 nitrogen and oxygen atoms in total. The number of aromatic nitrogens is 3. The summed E-state index contributed by atoms with van der Waals surface area (Å²) in [5.74, 6) is 0. The third kappa shape index (κ3) is 1.04. The van der Waals surface area contributed by atoms with Crippen LogP contribution in [0.5, 0.6) is 0 Å². The van der Waals surface area contributed by atoms with Crippen LogP contribution in [0.1, 0.15) is 5.69 Å². The number of fused-ring (bicyclic) bond motifs is 1. The van der Waals surface area contributed by atoms with E-state index < -0.39 is 0 Å². The quantitative estimate of drug-likeness (QED) is 0.727. The molecule has 0 saturated carbocycles. The van der Waals surface area contributed by atoms with Gasteiger partial charge in [-0.05, 0) is 35.6 Å². The summed E-state index contributed by atoms with van der Waals surface area (Å²) in [6.07, 6.45) is 1.64. The van der Waals surface area contributed by atoms with Crippen LogP contribution in [0, 0.1) is 10.6 Å². The van der Waals surface area contributed by atoms with Crippen LogP contribution in [-0.4, -0.2) is 14.6 Å². The van der Waals surface area contributed by atoms with Crippen LogP contribution in [0.4, 0.5) is 0 Å².